The standard InChI is InChI=1S/C17H21N3O4/c1-17(2,3)13(21)14-18-11-8-6-5-7-10(11)15(22)20(14)19-9-12(19)16(23)24-4/h5-8,12-13,21H,9H2,1-4H3/t12-,13+,19?/m0/s1. The van der Waals surface area contributed by atoms with Gasteiger partial charge in [0.25, 0.3) is 5.56 Å². The van der Waals surface area contributed by atoms with Gasteiger partial charge in [-0.1, -0.05) is 32.9 Å². The molecule has 1 N–H and O–H groups in total. The average molecular weight is 331 g/mol. The van der Waals surface area contributed by atoms with Crippen LogP contribution in [0.5, 0.6) is 0 Å². The van der Waals surface area contributed by atoms with E-state index in [4.69, 9.17) is 4.74 Å². The van der Waals surface area contributed by atoms with E-state index in [1.807, 2.05) is 20.8 Å². The summed E-state index contributed by atoms with van der Waals surface area (Å²) in [5, 5.41) is 12.7. The van der Waals surface area contributed by atoms with Crippen molar-refractivity contribution in [2.75, 3.05) is 18.7 Å². The predicted molar refractivity (Wildman–Crippen MR) is 89.3 cm³/mol. The van der Waals surface area contributed by atoms with Crippen LogP contribution in [0.15, 0.2) is 29.1 Å². The lowest BCUT2D eigenvalue weighted by molar-refractivity contribution is -0.139. The molecule has 1 aromatic carbocycles. The number of aliphatic hydroxyl groups is 1. The number of methoxy groups -OCH3 is 1. The summed E-state index contributed by atoms with van der Waals surface area (Å²) >= 11 is 0. The smallest absolute Gasteiger partial charge is 0.332 e. The first-order valence-electron chi connectivity index (χ1n) is 7.80. The van der Waals surface area contributed by atoms with Crippen molar-refractivity contribution in [1.82, 2.24) is 9.66 Å². The highest BCUT2D eigenvalue weighted by atomic mass is 16.5. The summed E-state index contributed by atoms with van der Waals surface area (Å²) in [4.78, 5) is 29.2. The molecule has 3 rings (SSSR count). The van der Waals surface area contributed by atoms with Crippen molar-refractivity contribution in [3.05, 3.63) is 40.4 Å². The number of benzene rings is 1. The lowest BCUT2D eigenvalue weighted by atomic mass is 9.88. The summed E-state index contributed by atoms with van der Waals surface area (Å²) in [7, 11) is 1.31. The van der Waals surface area contributed by atoms with E-state index in [1.165, 1.54) is 11.8 Å². The zero-order valence-corrected chi connectivity index (χ0v) is 14.2. The zero-order chi connectivity index (χ0) is 17.6. The van der Waals surface area contributed by atoms with E-state index in [0.29, 0.717) is 17.4 Å². The number of hydrogen-bond acceptors (Lipinski definition) is 6. The molecule has 2 atom stereocenters. The van der Waals surface area contributed by atoms with Gasteiger partial charge in [-0.3, -0.25) is 9.80 Å². The first-order valence-corrected chi connectivity index (χ1v) is 7.80. The van der Waals surface area contributed by atoms with Gasteiger partial charge in [-0.2, -0.15) is 0 Å². The van der Waals surface area contributed by atoms with E-state index in [0.717, 1.165) is 0 Å². The summed E-state index contributed by atoms with van der Waals surface area (Å²) in [6, 6.07) is 6.45. The number of aliphatic hydroxyl groups excluding tert-OH is 1. The van der Waals surface area contributed by atoms with Gasteiger partial charge in [0.1, 0.15) is 6.10 Å². The first kappa shape index (κ1) is 16.4. The minimum absolute atomic E-state index is 0.234. The third-order valence-electron chi connectivity index (χ3n) is 4.16. The minimum Gasteiger partial charge on any atom is -0.467 e. The maximum absolute atomic E-state index is 12.9. The Morgan fingerprint density at radius 1 is 1.38 bits per heavy atom. The molecular weight excluding hydrogens is 310 g/mol. The van der Waals surface area contributed by atoms with Crippen molar-refractivity contribution < 1.29 is 14.6 Å². The van der Waals surface area contributed by atoms with Crippen molar-refractivity contribution in [3.8, 4) is 0 Å². The van der Waals surface area contributed by atoms with Gasteiger partial charge in [-0.15, -0.1) is 0 Å². The summed E-state index contributed by atoms with van der Waals surface area (Å²) in [6.07, 6.45) is -0.964. The molecule has 7 nitrogen and oxygen atoms in total. The molecular formula is C17H21N3O4. The molecule has 0 unspecified atom stereocenters. The SMILES string of the molecule is COC(=O)[C@@H]1CN1n1c([C@@H](O)C(C)(C)C)nc2ccccc2c1=O. The number of rotatable bonds is 3. The second-order valence-electron chi connectivity index (χ2n) is 7.03. The molecule has 1 aliphatic heterocycles. The Hall–Kier alpha value is -2.41. The first-order chi connectivity index (χ1) is 11.3. The highest BCUT2D eigenvalue weighted by molar-refractivity contribution is 5.83. The highest BCUT2D eigenvalue weighted by Gasteiger charge is 2.45. The average Bonchev–Trinajstić information content (AvgIpc) is 3.32. The van der Waals surface area contributed by atoms with E-state index >= 15 is 0 Å². The Kier molecular flexibility index (Phi) is 3.83. The predicted octanol–water partition coefficient (Wildman–Crippen LogP) is 0.969. The van der Waals surface area contributed by atoms with Gasteiger partial charge in [0, 0.05) is 0 Å². The molecule has 1 fully saturated rings. The summed E-state index contributed by atoms with van der Waals surface area (Å²) in [5.41, 5.74) is -0.292. The zero-order valence-electron chi connectivity index (χ0n) is 14.2. The molecule has 1 saturated heterocycles. The molecule has 0 amide bonds. The maximum Gasteiger partial charge on any atom is 0.332 e. The second kappa shape index (κ2) is 5.59. The summed E-state index contributed by atoms with van der Waals surface area (Å²) < 4.78 is 6.06. The molecule has 7 heteroatoms. The lowest BCUT2D eigenvalue weighted by Gasteiger charge is -2.28. The second-order valence-corrected chi connectivity index (χ2v) is 7.03. The van der Waals surface area contributed by atoms with Gasteiger partial charge in [0.05, 0.1) is 24.6 Å². The van der Waals surface area contributed by atoms with Gasteiger partial charge in [0.2, 0.25) is 0 Å². The van der Waals surface area contributed by atoms with Crippen molar-refractivity contribution in [3.63, 3.8) is 0 Å². The van der Waals surface area contributed by atoms with Crippen molar-refractivity contribution >= 4 is 16.9 Å². The van der Waals surface area contributed by atoms with Crippen molar-refractivity contribution in [2.24, 2.45) is 5.41 Å². The van der Waals surface area contributed by atoms with Crippen LogP contribution >= 0.6 is 0 Å². The van der Waals surface area contributed by atoms with E-state index < -0.39 is 23.5 Å². The lowest BCUT2D eigenvalue weighted by Crippen LogP contribution is -2.38. The number of ether oxygens (including phenoxy) is 1. The highest BCUT2D eigenvalue weighted by Crippen LogP contribution is 2.33. The number of fused-ring (bicyclic) bond motifs is 1. The largest absolute Gasteiger partial charge is 0.467 e. The molecule has 0 spiro atoms. The number of hydrogen-bond donors (Lipinski definition) is 1. The molecule has 128 valence electrons. The molecule has 0 radical (unpaired) electrons. The third kappa shape index (κ3) is 2.65. The molecule has 2 heterocycles. The van der Waals surface area contributed by atoms with Crippen LogP contribution in [-0.2, 0) is 9.53 Å². The van der Waals surface area contributed by atoms with Crippen LogP contribution in [0.25, 0.3) is 10.9 Å². The molecule has 0 aliphatic carbocycles. The Morgan fingerprint density at radius 2 is 2.04 bits per heavy atom. The van der Waals surface area contributed by atoms with Gasteiger partial charge >= 0.3 is 5.97 Å². The van der Waals surface area contributed by atoms with Gasteiger partial charge < -0.3 is 9.84 Å². The fraction of sp³-hybridized carbons (Fsp3) is 0.471. The molecule has 1 aromatic heterocycles. The number of esters is 1. The number of nitrogens with zero attached hydrogens (tertiary/aromatic N) is 3. The Morgan fingerprint density at radius 3 is 2.67 bits per heavy atom. The van der Waals surface area contributed by atoms with Crippen LogP contribution < -0.4 is 10.6 Å². The van der Waals surface area contributed by atoms with Crippen LogP contribution in [0.1, 0.15) is 32.7 Å². The number of carbonyl (C=O) groups excluding carboxylic acids is 1. The van der Waals surface area contributed by atoms with Crippen LogP contribution in [0.3, 0.4) is 0 Å². The van der Waals surface area contributed by atoms with Crippen molar-refractivity contribution in [2.45, 2.75) is 32.9 Å². The van der Waals surface area contributed by atoms with Gasteiger partial charge in [-0.05, 0) is 17.5 Å². The molecule has 1 aliphatic rings. The monoisotopic (exact) mass is 331 g/mol. The van der Waals surface area contributed by atoms with E-state index in [1.54, 1.807) is 29.3 Å². The van der Waals surface area contributed by atoms with Gasteiger partial charge in [-0.25, -0.2) is 14.5 Å². The molecule has 0 bridgehead atoms. The topological polar surface area (TPSA) is 84.4 Å². The minimum atomic E-state index is -0.964. The van der Waals surface area contributed by atoms with E-state index in [-0.39, 0.29) is 11.4 Å². The third-order valence-corrected chi connectivity index (χ3v) is 4.16. The van der Waals surface area contributed by atoms with E-state index in [9.17, 15) is 14.7 Å². The molecule has 2 aromatic rings. The Labute approximate surface area is 139 Å². The van der Waals surface area contributed by atoms with Gasteiger partial charge in [0.15, 0.2) is 11.9 Å². The molecule has 0 saturated carbocycles. The van der Waals surface area contributed by atoms with E-state index in [2.05, 4.69) is 4.98 Å². The fourth-order valence-electron chi connectivity index (χ4n) is 2.64. The van der Waals surface area contributed by atoms with Crippen LogP contribution in [0.4, 0.5) is 0 Å². The number of para-hydroxylation sites is 1. The quantitative estimate of drug-likeness (QED) is 0.666. The summed E-state index contributed by atoms with van der Waals surface area (Å²) in [5.74, 6) is -0.177. The Balaban J connectivity index is 2.20. The number of carbonyl (C=O) groups is 1. The Bertz CT molecular complexity index is 853. The normalized spacial score (nSPS) is 18.5. The van der Waals surface area contributed by atoms with Crippen LogP contribution in [0, 0.1) is 5.41 Å². The molecule has 24 heavy (non-hydrogen) atoms. The van der Waals surface area contributed by atoms with Crippen LogP contribution in [0.2, 0.25) is 0 Å². The fourth-order valence-corrected chi connectivity index (χ4v) is 2.64. The number of aromatic nitrogens is 2. The van der Waals surface area contributed by atoms with Crippen LogP contribution in [-0.4, -0.2) is 40.4 Å². The summed E-state index contributed by atoms with van der Waals surface area (Å²) in [6.45, 7) is 5.95. The van der Waals surface area contributed by atoms with Crippen molar-refractivity contribution in [1.29, 1.82) is 0 Å². The maximum atomic E-state index is 12.9.